The number of nitrogens with one attached hydrogen (secondary N) is 1. The molecule has 2 atom stereocenters. The van der Waals surface area contributed by atoms with Gasteiger partial charge in [0.2, 0.25) is 0 Å². The average molecular weight is 580 g/mol. The van der Waals surface area contributed by atoms with Crippen LogP contribution < -0.4 is 26.1 Å². The molecule has 2 unspecified atom stereocenters. The Bertz CT molecular complexity index is 1400. The second-order valence-corrected chi connectivity index (χ2v) is 10.1. The van der Waals surface area contributed by atoms with Gasteiger partial charge in [0.15, 0.2) is 0 Å². The highest BCUT2D eigenvalue weighted by molar-refractivity contribution is 6.41. The fraction of sp³-hybridized carbons (Fsp3) is 0.423. The van der Waals surface area contributed by atoms with Gasteiger partial charge in [-0.2, -0.15) is 0 Å². The summed E-state index contributed by atoms with van der Waals surface area (Å²) in [6, 6.07) is 4.72. The number of methoxy groups -OCH3 is 2. The third-order valence-electron chi connectivity index (χ3n) is 6.44. The summed E-state index contributed by atoms with van der Waals surface area (Å²) in [5.74, 6) is 1.15. The van der Waals surface area contributed by atoms with Gasteiger partial charge in [0, 0.05) is 35.8 Å². The number of anilines is 1. The molecule has 0 aliphatic carbocycles. The molecular weight excluding hydrogens is 549 g/mol. The molecule has 11 nitrogen and oxygen atoms in total. The number of ether oxygens (including phenoxy) is 4. The Hall–Kier alpha value is -3.25. The number of aromatic nitrogens is 2. The number of rotatable bonds is 10. The summed E-state index contributed by atoms with van der Waals surface area (Å²) in [4.78, 5) is 31.9. The zero-order chi connectivity index (χ0) is 28.3. The third-order valence-corrected chi connectivity index (χ3v) is 7.19. The lowest BCUT2D eigenvalue weighted by Gasteiger charge is -2.20. The van der Waals surface area contributed by atoms with Crippen molar-refractivity contribution in [2.75, 3.05) is 53.4 Å². The summed E-state index contributed by atoms with van der Waals surface area (Å²) in [5, 5.41) is 4.34. The second kappa shape index (κ2) is 12.3. The predicted molar refractivity (Wildman–Crippen MR) is 150 cm³/mol. The number of carbonyl (C=O) groups is 1. The molecule has 0 spiro atoms. The molecule has 3 N–H and O–H groups in total. The molecule has 13 heteroatoms. The van der Waals surface area contributed by atoms with E-state index in [0.717, 1.165) is 6.54 Å². The van der Waals surface area contributed by atoms with Crippen molar-refractivity contribution in [1.82, 2.24) is 14.5 Å². The maximum atomic E-state index is 14.0. The van der Waals surface area contributed by atoms with E-state index in [2.05, 4.69) is 10.3 Å². The van der Waals surface area contributed by atoms with Crippen LogP contribution in [0.1, 0.15) is 6.42 Å². The van der Waals surface area contributed by atoms with Crippen molar-refractivity contribution < 1.29 is 23.7 Å². The Kier molecular flexibility index (Phi) is 9.06. The summed E-state index contributed by atoms with van der Waals surface area (Å²) < 4.78 is 23.1. The molecule has 1 saturated heterocycles. The first kappa shape index (κ1) is 28.8. The number of primary amides is 1. The molecule has 1 amide bonds. The van der Waals surface area contributed by atoms with Crippen LogP contribution in [0.2, 0.25) is 10.0 Å². The van der Waals surface area contributed by atoms with E-state index in [1.165, 1.54) is 14.2 Å². The minimum atomic E-state index is -0.877. The van der Waals surface area contributed by atoms with Gasteiger partial charge in [-0.25, -0.2) is 9.78 Å². The first-order chi connectivity index (χ1) is 18.6. The van der Waals surface area contributed by atoms with Crippen LogP contribution in [0.25, 0.3) is 22.0 Å². The van der Waals surface area contributed by atoms with Gasteiger partial charge in [0.1, 0.15) is 23.4 Å². The summed E-state index contributed by atoms with van der Waals surface area (Å²) in [6.45, 7) is 1.73. The third kappa shape index (κ3) is 6.17. The van der Waals surface area contributed by atoms with Crippen LogP contribution in [0.4, 0.5) is 10.6 Å². The normalized spacial score (nSPS) is 17.0. The Balaban J connectivity index is 1.84. The van der Waals surface area contributed by atoms with Crippen molar-refractivity contribution in [3.63, 3.8) is 0 Å². The van der Waals surface area contributed by atoms with Crippen LogP contribution in [0.15, 0.2) is 29.2 Å². The maximum Gasteiger partial charge on any atom is 0.404 e. The first-order valence-corrected chi connectivity index (χ1v) is 13.0. The molecule has 1 fully saturated rings. The van der Waals surface area contributed by atoms with E-state index >= 15 is 0 Å². The fourth-order valence-corrected chi connectivity index (χ4v) is 5.25. The van der Waals surface area contributed by atoms with E-state index in [1.807, 2.05) is 19.0 Å². The number of nitrogens with two attached hydrogens (primary N) is 1. The zero-order valence-electron chi connectivity index (χ0n) is 22.1. The van der Waals surface area contributed by atoms with E-state index in [0.29, 0.717) is 58.9 Å². The molecule has 3 heterocycles. The largest absolute Gasteiger partial charge is 0.495 e. The highest BCUT2D eigenvalue weighted by Gasteiger charge is 2.31. The number of pyridine rings is 2. The zero-order valence-corrected chi connectivity index (χ0v) is 23.6. The maximum absolute atomic E-state index is 14.0. The van der Waals surface area contributed by atoms with Crippen molar-refractivity contribution in [2.45, 2.75) is 25.1 Å². The van der Waals surface area contributed by atoms with Crippen LogP contribution in [0.5, 0.6) is 11.5 Å². The number of carbonyl (C=O) groups excluding carboxylic acids is 1. The minimum absolute atomic E-state index is 0.201. The lowest BCUT2D eigenvalue weighted by atomic mass is 10.0. The molecule has 1 aliphatic rings. The molecule has 39 heavy (non-hydrogen) atoms. The number of fused-ring (bicyclic) bond motifs is 1. The van der Waals surface area contributed by atoms with Crippen molar-refractivity contribution >= 4 is 46.0 Å². The van der Waals surface area contributed by atoms with E-state index in [-0.39, 0.29) is 28.3 Å². The van der Waals surface area contributed by atoms with Crippen molar-refractivity contribution in [3.05, 3.63) is 44.8 Å². The van der Waals surface area contributed by atoms with Gasteiger partial charge < -0.3 is 39.5 Å². The minimum Gasteiger partial charge on any atom is -0.495 e. The molecular formula is C26H31Cl2N5O6. The molecule has 1 aromatic carbocycles. The lowest BCUT2D eigenvalue weighted by molar-refractivity contribution is 0.0880. The summed E-state index contributed by atoms with van der Waals surface area (Å²) in [5.41, 5.74) is 6.18. The van der Waals surface area contributed by atoms with Crippen LogP contribution in [0.3, 0.4) is 0 Å². The molecule has 210 valence electrons. The smallest absolute Gasteiger partial charge is 0.404 e. The lowest BCUT2D eigenvalue weighted by Crippen LogP contribution is -2.37. The highest BCUT2D eigenvalue weighted by Crippen LogP contribution is 2.45. The average Bonchev–Trinajstić information content (AvgIpc) is 3.31. The van der Waals surface area contributed by atoms with Crippen LogP contribution in [-0.4, -0.2) is 80.8 Å². The summed E-state index contributed by atoms with van der Waals surface area (Å²) in [7, 11) is 6.90. The van der Waals surface area contributed by atoms with Crippen LogP contribution >= 0.6 is 23.2 Å². The number of hydrogen-bond acceptors (Lipinski definition) is 9. The van der Waals surface area contributed by atoms with E-state index in [4.69, 9.17) is 47.9 Å². The van der Waals surface area contributed by atoms with Gasteiger partial charge in [-0.05, 0) is 33.1 Å². The fourth-order valence-electron chi connectivity index (χ4n) is 4.54. The second-order valence-electron chi connectivity index (χ2n) is 9.35. The Morgan fingerprint density at radius 3 is 2.49 bits per heavy atom. The molecule has 2 aromatic heterocycles. The van der Waals surface area contributed by atoms with E-state index in [9.17, 15) is 9.59 Å². The quantitative estimate of drug-likeness (QED) is 0.369. The van der Waals surface area contributed by atoms with Crippen molar-refractivity contribution in [3.8, 4) is 22.6 Å². The van der Waals surface area contributed by atoms with Gasteiger partial charge in [-0.1, -0.05) is 23.2 Å². The Morgan fingerprint density at radius 1 is 1.18 bits per heavy atom. The number of halogens is 2. The number of nitrogens with zero attached hydrogens (tertiary/aromatic N) is 3. The molecule has 3 aromatic rings. The summed E-state index contributed by atoms with van der Waals surface area (Å²) in [6.07, 6.45) is 0.932. The standard InChI is InChI=1S/C26H31Cl2N5O6/c1-32(2)6-5-7-33-17-9-21(31-16-12-38-13-20(16)39-26(29)35)30-11-14(17)8-15(25(33)34)22-23(27)18(36-3)10-19(37-4)24(22)28/h8-11,16,20H,5-7,12-13H2,1-4H3,(H2,29,35)(H,30,31). The number of benzene rings is 1. The number of hydrogen-bond donors (Lipinski definition) is 2. The van der Waals surface area contributed by atoms with Gasteiger partial charge in [0.25, 0.3) is 5.56 Å². The summed E-state index contributed by atoms with van der Waals surface area (Å²) >= 11 is 13.3. The van der Waals surface area contributed by atoms with Crippen LogP contribution in [-0.2, 0) is 16.0 Å². The molecule has 0 saturated carbocycles. The van der Waals surface area contributed by atoms with Gasteiger partial charge in [-0.15, -0.1) is 0 Å². The van der Waals surface area contributed by atoms with E-state index < -0.39 is 12.2 Å². The Morgan fingerprint density at radius 2 is 1.87 bits per heavy atom. The SMILES string of the molecule is COc1cc(OC)c(Cl)c(-c2cc3cnc(NC4COCC4OC(N)=O)cc3n(CCCN(C)C)c2=O)c1Cl. The topological polar surface area (TPSA) is 130 Å². The molecule has 4 rings (SSSR count). The number of amides is 1. The molecule has 0 bridgehead atoms. The Labute approximate surface area is 235 Å². The van der Waals surface area contributed by atoms with E-state index in [1.54, 1.807) is 29.0 Å². The molecule has 1 aliphatic heterocycles. The predicted octanol–water partition coefficient (Wildman–Crippen LogP) is 3.61. The van der Waals surface area contributed by atoms with Gasteiger partial charge in [0.05, 0.1) is 54.6 Å². The van der Waals surface area contributed by atoms with Crippen molar-refractivity contribution in [1.29, 1.82) is 0 Å². The van der Waals surface area contributed by atoms with Gasteiger partial charge >= 0.3 is 6.09 Å². The number of aryl methyl sites for hydroxylation is 1. The first-order valence-electron chi connectivity index (χ1n) is 12.2. The highest BCUT2D eigenvalue weighted by atomic mass is 35.5. The van der Waals surface area contributed by atoms with Crippen LogP contribution in [0, 0.1) is 0 Å². The van der Waals surface area contributed by atoms with Gasteiger partial charge in [-0.3, -0.25) is 4.79 Å². The molecule has 0 radical (unpaired) electrons. The van der Waals surface area contributed by atoms with Crippen molar-refractivity contribution in [2.24, 2.45) is 5.73 Å². The monoisotopic (exact) mass is 579 g/mol.